The third-order valence-electron chi connectivity index (χ3n) is 2.60. The van der Waals surface area contributed by atoms with E-state index in [1.165, 1.54) is 18.2 Å². The van der Waals surface area contributed by atoms with Gasteiger partial charge in [0.1, 0.15) is 5.82 Å². The van der Waals surface area contributed by atoms with Crippen molar-refractivity contribution in [2.24, 2.45) is 0 Å². The van der Waals surface area contributed by atoms with Crippen molar-refractivity contribution in [2.45, 2.75) is 0 Å². The van der Waals surface area contributed by atoms with Gasteiger partial charge in [-0.1, -0.05) is 23.7 Å². The molecule has 3 amide bonds. The van der Waals surface area contributed by atoms with Gasteiger partial charge in [-0.3, -0.25) is 4.79 Å². The van der Waals surface area contributed by atoms with Crippen LogP contribution in [-0.2, 0) is 4.79 Å². The van der Waals surface area contributed by atoms with Gasteiger partial charge in [-0.25, -0.2) is 9.18 Å². The minimum Gasteiger partial charge on any atom is -0.329 e. The van der Waals surface area contributed by atoms with Gasteiger partial charge in [0.15, 0.2) is 0 Å². The summed E-state index contributed by atoms with van der Waals surface area (Å²) < 4.78 is 13.0. The summed E-state index contributed by atoms with van der Waals surface area (Å²) in [6, 6.07) is 11.5. The predicted octanol–water partition coefficient (Wildman–Crippen LogP) is 3.24. The van der Waals surface area contributed by atoms with Crippen LogP contribution < -0.4 is 16.0 Å². The fourth-order valence-corrected chi connectivity index (χ4v) is 1.86. The molecule has 0 aliphatic carbocycles. The zero-order valence-electron chi connectivity index (χ0n) is 11.4. The number of carbonyl (C=O) groups excluding carboxylic acids is 2. The van der Waals surface area contributed by atoms with Gasteiger partial charge in [0.2, 0.25) is 5.91 Å². The topological polar surface area (TPSA) is 70.2 Å². The monoisotopic (exact) mass is 321 g/mol. The summed E-state index contributed by atoms with van der Waals surface area (Å²) in [5, 5.41) is 7.88. The molecule has 0 saturated carbocycles. The summed E-state index contributed by atoms with van der Waals surface area (Å²) in [7, 11) is 0. The van der Waals surface area contributed by atoms with Gasteiger partial charge in [-0.2, -0.15) is 0 Å². The maximum Gasteiger partial charge on any atom is 0.319 e. The highest BCUT2D eigenvalue weighted by atomic mass is 35.5. The van der Waals surface area contributed by atoms with Gasteiger partial charge in [0, 0.05) is 16.4 Å². The van der Waals surface area contributed by atoms with Crippen LogP contribution in [-0.4, -0.2) is 18.5 Å². The minimum atomic E-state index is -0.545. The number of hydrogen-bond donors (Lipinski definition) is 3. The zero-order valence-corrected chi connectivity index (χ0v) is 12.2. The molecular formula is C15H13ClFN3O2. The molecule has 0 radical (unpaired) electrons. The van der Waals surface area contributed by atoms with Gasteiger partial charge < -0.3 is 16.0 Å². The van der Waals surface area contributed by atoms with E-state index >= 15 is 0 Å². The van der Waals surface area contributed by atoms with E-state index in [0.717, 1.165) is 0 Å². The summed E-state index contributed by atoms with van der Waals surface area (Å²) in [6.45, 7) is -0.247. The van der Waals surface area contributed by atoms with Crippen molar-refractivity contribution in [1.29, 1.82) is 0 Å². The first kappa shape index (κ1) is 15.8. The normalized spacial score (nSPS) is 9.91. The van der Waals surface area contributed by atoms with Gasteiger partial charge in [0.25, 0.3) is 0 Å². The Kier molecular flexibility index (Phi) is 5.32. The van der Waals surface area contributed by atoms with Crippen LogP contribution >= 0.6 is 11.6 Å². The number of benzene rings is 2. The quantitative estimate of drug-likeness (QED) is 0.809. The molecule has 2 aromatic carbocycles. The Hall–Kier alpha value is -2.60. The van der Waals surface area contributed by atoms with Crippen LogP contribution in [0.4, 0.5) is 20.6 Å². The molecule has 0 bridgehead atoms. The molecule has 0 aromatic heterocycles. The number of anilines is 2. The van der Waals surface area contributed by atoms with Crippen LogP contribution in [0.2, 0.25) is 5.02 Å². The highest BCUT2D eigenvalue weighted by Gasteiger charge is 2.06. The molecule has 0 heterocycles. The molecule has 22 heavy (non-hydrogen) atoms. The molecule has 3 N–H and O–H groups in total. The average Bonchev–Trinajstić information content (AvgIpc) is 2.45. The average molecular weight is 322 g/mol. The van der Waals surface area contributed by atoms with Crippen molar-refractivity contribution in [3.63, 3.8) is 0 Å². The molecule has 7 heteroatoms. The van der Waals surface area contributed by atoms with Crippen LogP contribution in [0.25, 0.3) is 0 Å². The first-order chi connectivity index (χ1) is 10.5. The van der Waals surface area contributed by atoms with Crippen LogP contribution in [0.15, 0.2) is 48.5 Å². The van der Waals surface area contributed by atoms with Gasteiger partial charge in [-0.15, -0.1) is 0 Å². The van der Waals surface area contributed by atoms with Crippen molar-refractivity contribution < 1.29 is 14.0 Å². The second-order valence-corrected chi connectivity index (χ2v) is 4.81. The molecule has 2 rings (SSSR count). The number of rotatable bonds is 4. The number of halogens is 2. The maximum atomic E-state index is 13.0. The van der Waals surface area contributed by atoms with Gasteiger partial charge >= 0.3 is 6.03 Å². The predicted molar refractivity (Wildman–Crippen MR) is 83.5 cm³/mol. The lowest BCUT2D eigenvalue weighted by Crippen LogP contribution is -2.35. The lowest BCUT2D eigenvalue weighted by atomic mass is 10.3. The molecule has 0 saturated heterocycles. The van der Waals surface area contributed by atoms with E-state index in [1.54, 1.807) is 30.3 Å². The van der Waals surface area contributed by atoms with E-state index in [9.17, 15) is 14.0 Å². The Labute approximate surface area is 131 Å². The van der Waals surface area contributed by atoms with Gasteiger partial charge in [-0.05, 0) is 36.4 Å². The van der Waals surface area contributed by atoms with Crippen molar-refractivity contribution in [2.75, 3.05) is 17.2 Å². The molecule has 5 nitrogen and oxygen atoms in total. The molecule has 0 spiro atoms. The van der Waals surface area contributed by atoms with Crippen LogP contribution in [0.3, 0.4) is 0 Å². The molecule has 114 valence electrons. The van der Waals surface area contributed by atoms with E-state index in [-0.39, 0.29) is 6.54 Å². The SMILES string of the molecule is O=C(CNC(=O)Nc1cccc(Cl)c1)Nc1cccc(F)c1. The number of carbonyl (C=O) groups is 2. The summed E-state index contributed by atoms with van der Waals surface area (Å²) in [6.07, 6.45) is 0. The van der Waals surface area contributed by atoms with Crippen molar-refractivity contribution in [1.82, 2.24) is 5.32 Å². The highest BCUT2D eigenvalue weighted by Crippen LogP contribution is 2.14. The van der Waals surface area contributed by atoms with Gasteiger partial charge in [0.05, 0.1) is 6.54 Å². The van der Waals surface area contributed by atoms with E-state index in [4.69, 9.17) is 11.6 Å². The third-order valence-corrected chi connectivity index (χ3v) is 2.84. The van der Waals surface area contributed by atoms with Crippen molar-refractivity contribution in [3.05, 3.63) is 59.4 Å². The summed E-state index contributed by atoms with van der Waals surface area (Å²) >= 11 is 5.79. The van der Waals surface area contributed by atoms with E-state index in [2.05, 4.69) is 16.0 Å². The summed E-state index contributed by atoms with van der Waals surface area (Å²) in [5.74, 6) is -0.920. The Morgan fingerprint density at radius 2 is 1.68 bits per heavy atom. The Morgan fingerprint density at radius 1 is 1.00 bits per heavy atom. The lowest BCUT2D eigenvalue weighted by molar-refractivity contribution is -0.115. The summed E-state index contributed by atoms with van der Waals surface area (Å²) in [4.78, 5) is 23.3. The minimum absolute atomic E-state index is 0.247. The second kappa shape index (κ2) is 7.42. The largest absolute Gasteiger partial charge is 0.329 e. The van der Waals surface area contributed by atoms with E-state index in [0.29, 0.717) is 16.4 Å². The Balaban J connectivity index is 1.79. The Morgan fingerprint density at radius 3 is 2.36 bits per heavy atom. The smallest absolute Gasteiger partial charge is 0.319 e. The number of hydrogen-bond acceptors (Lipinski definition) is 2. The van der Waals surface area contributed by atoms with Crippen molar-refractivity contribution in [3.8, 4) is 0 Å². The first-order valence-electron chi connectivity index (χ1n) is 6.39. The van der Waals surface area contributed by atoms with Crippen LogP contribution in [0.5, 0.6) is 0 Å². The molecule has 0 atom stereocenters. The third kappa shape index (κ3) is 5.06. The fraction of sp³-hybridized carbons (Fsp3) is 0.0667. The molecule has 0 fully saturated rings. The fourth-order valence-electron chi connectivity index (χ4n) is 1.67. The molecule has 0 unspecified atom stereocenters. The molecule has 0 aliphatic rings. The highest BCUT2D eigenvalue weighted by molar-refractivity contribution is 6.30. The molecule has 0 aliphatic heterocycles. The Bertz CT molecular complexity index is 634. The zero-order chi connectivity index (χ0) is 15.9. The molecule has 2 aromatic rings. The number of urea groups is 1. The second-order valence-electron chi connectivity index (χ2n) is 4.38. The number of amides is 3. The van der Waals surface area contributed by atoms with Crippen molar-refractivity contribution >= 4 is 34.9 Å². The van der Waals surface area contributed by atoms with Crippen LogP contribution in [0, 0.1) is 5.82 Å². The summed E-state index contributed by atoms with van der Waals surface area (Å²) in [5.41, 5.74) is 0.831. The van der Waals surface area contributed by atoms with E-state index in [1.807, 2.05) is 0 Å². The lowest BCUT2D eigenvalue weighted by Gasteiger charge is -2.08. The molecular weight excluding hydrogens is 309 g/mol. The maximum absolute atomic E-state index is 13.0. The standard InChI is InChI=1S/C15H13ClFN3O2/c16-10-3-1-5-12(7-10)20-15(22)18-9-14(21)19-13-6-2-4-11(17)8-13/h1-8H,9H2,(H,19,21)(H2,18,20,22). The number of nitrogens with one attached hydrogen (secondary N) is 3. The van der Waals surface area contributed by atoms with Crippen LogP contribution in [0.1, 0.15) is 0 Å². The first-order valence-corrected chi connectivity index (χ1v) is 6.76. The van der Waals surface area contributed by atoms with E-state index < -0.39 is 17.8 Å².